The van der Waals surface area contributed by atoms with Crippen LogP contribution in [0.3, 0.4) is 0 Å². The zero-order chi connectivity index (χ0) is 33.1. The lowest BCUT2D eigenvalue weighted by Crippen LogP contribution is -2.58. The Morgan fingerprint density at radius 1 is 1.21 bits per heavy atom. The highest BCUT2D eigenvalue weighted by atomic mass is 32.1. The predicted molar refractivity (Wildman–Crippen MR) is 176 cm³/mol. The van der Waals surface area contributed by atoms with Crippen LogP contribution in [0.1, 0.15) is 55.4 Å². The summed E-state index contributed by atoms with van der Waals surface area (Å²) in [7, 11) is 0. The quantitative estimate of drug-likeness (QED) is 0.195. The van der Waals surface area contributed by atoms with Crippen LogP contribution in [0.5, 0.6) is 5.75 Å². The van der Waals surface area contributed by atoms with Gasteiger partial charge in [-0.15, -0.1) is 0 Å². The highest BCUT2D eigenvalue weighted by molar-refractivity contribution is 7.16. The summed E-state index contributed by atoms with van der Waals surface area (Å²) in [5.41, 5.74) is 5.44. The fraction of sp³-hybridized carbons (Fsp3) is 0.515. The Morgan fingerprint density at radius 2 is 2.00 bits per heavy atom. The minimum atomic E-state index is -0.882. The number of carbonyl (C=O) groups excluding carboxylic acids is 2. The van der Waals surface area contributed by atoms with Gasteiger partial charge in [0.15, 0.2) is 0 Å². The molecule has 5 N–H and O–H groups in total. The maximum absolute atomic E-state index is 14.6. The van der Waals surface area contributed by atoms with Gasteiger partial charge in [-0.2, -0.15) is 5.10 Å². The van der Waals surface area contributed by atoms with Gasteiger partial charge >= 0.3 is 4.87 Å². The van der Waals surface area contributed by atoms with Crippen molar-refractivity contribution in [2.45, 2.75) is 57.3 Å². The van der Waals surface area contributed by atoms with Crippen LogP contribution in [0.4, 0.5) is 4.39 Å². The summed E-state index contributed by atoms with van der Waals surface area (Å²) in [6.45, 7) is 6.28. The van der Waals surface area contributed by atoms with E-state index in [4.69, 9.17) is 4.74 Å². The number of hydrogen-bond acceptors (Lipinski definition) is 10. The number of aromatic amines is 1. The molecule has 0 aliphatic carbocycles. The molecule has 14 heteroatoms. The molecule has 2 fully saturated rings. The predicted octanol–water partition coefficient (Wildman–Crippen LogP) is 2.40. The number of ether oxygens (including phenoxy) is 1. The molecule has 252 valence electrons. The van der Waals surface area contributed by atoms with Crippen LogP contribution >= 0.6 is 11.3 Å². The number of morpholine rings is 1. The zero-order valence-electron chi connectivity index (χ0n) is 26.4. The van der Waals surface area contributed by atoms with Gasteiger partial charge in [0, 0.05) is 57.0 Å². The van der Waals surface area contributed by atoms with Gasteiger partial charge in [-0.25, -0.2) is 9.82 Å². The van der Waals surface area contributed by atoms with E-state index < -0.39 is 6.10 Å². The van der Waals surface area contributed by atoms with E-state index in [-0.39, 0.29) is 46.3 Å². The number of halogens is 1. The number of aromatic nitrogens is 1. The molecule has 3 aromatic rings. The number of phenols is 1. The number of carbonyl (C=O) groups is 2. The molecule has 3 aliphatic rings. The second kappa shape index (κ2) is 14.2. The van der Waals surface area contributed by atoms with Crippen molar-refractivity contribution in [3.05, 3.63) is 62.5 Å². The number of piperidine rings is 1. The first kappa shape index (κ1) is 33.2. The topological polar surface area (TPSA) is 160 Å². The zero-order valence-corrected chi connectivity index (χ0v) is 27.2. The van der Waals surface area contributed by atoms with E-state index in [1.807, 2.05) is 11.0 Å². The van der Waals surface area contributed by atoms with Crippen molar-refractivity contribution in [1.82, 2.24) is 25.5 Å². The fourth-order valence-electron chi connectivity index (χ4n) is 6.83. The second-order valence-corrected chi connectivity index (χ2v) is 13.8. The molecule has 4 heterocycles. The van der Waals surface area contributed by atoms with Crippen molar-refractivity contribution in [2.24, 2.45) is 11.0 Å². The third kappa shape index (κ3) is 7.73. The molecule has 2 atom stereocenters. The first-order valence-electron chi connectivity index (χ1n) is 16.1. The molecule has 47 heavy (non-hydrogen) atoms. The minimum Gasteiger partial charge on any atom is -0.506 e. The number of thiazole rings is 1. The van der Waals surface area contributed by atoms with E-state index in [1.54, 1.807) is 19.1 Å². The molecule has 12 nitrogen and oxygen atoms in total. The lowest BCUT2D eigenvalue weighted by atomic mass is 9.88. The maximum Gasteiger partial charge on any atom is 0.305 e. The number of likely N-dealkylation sites (tertiary alicyclic amines) is 1. The summed E-state index contributed by atoms with van der Waals surface area (Å²) in [5, 5.41) is 27.9. The van der Waals surface area contributed by atoms with Crippen molar-refractivity contribution >= 4 is 39.1 Å². The van der Waals surface area contributed by atoms with Gasteiger partial charge in [-0.1, -0.05) is 23.5 Å². The Morgan fingerprint density at radius 3 is 2.77 bits per heavy atom. The van der Waals surface area contributed by atoms with E-state index in [0.29, 0.717) is 67.8 Å². The van der Waals surface area contributed by atoms with Gasteiger partial charge in [-0.3, -0.25) is 19.3 Å². The number of rotatable bonds is 11. The highest BCUT2D eigenvalue weighted by Gasteiger charge is 2.41. The molecule has 1 aromatic heterocycles. The van der Waals surface area contributed by atoms with Crippen LogP contribution < -0.4 is 15.6 Å². The number of hydrogen-bond donors (Lipinski definition) is 5. The molecule has 2 amide bonds. The largest absolute Gasteiger partial charge is 0.506 e. The van der Waals surface area contributed by atoms with Crippen LogP contribution in [0.2, 0.25) is 0 Å². The lowest BCUT2D eigenvalue weighted by molar-refractivity contribution is -0.159. The van der Waals surface area contributed by atoms with Crippen molar-refractivity contribution < 1.29 is 28.9 Å². The minimum absolute atomic E-state index is 0.0375. The second-order valence-electron chi connectivity index (χ2n) is 12.8. The number of fused-ring (bicyclic) bond motifs is 1. The first-order valence-corrected chi connectivity index (χ1v) is 16.9. The molecule has 0 unspecified atom stereocenters. The maximum atomic E-state index is 14.6. The molecule has 3 aliphatic heterocycles. The number of nitrogens with zero attached hydrogens (tertiary/aromatic N) is 3. The normalized spacial score (nSPS) is 20.5. The Labute approximate surface area is 275 Å². The van der Waals surface area contributed by atoms with Crippen molar-refractivity contribution in [2.75, 3.05) is 45.9 Å². The Balaban J connectivity index is 0.962. The molecule has 2 aromatic carbocycles. The number of aromatic hydroxyl groups is 1. The molecule has 6 rings (SSSR count). The Kier molecular flexibility index (Phi) is 10.0. The van der Waals surface area contributed by atoms with Crippen LogP contribution in [0, 0.1) is 11.7 Å². The molecular formula is C33H41FN6O6S. The average Bonchev–Trinajstić information content (AvgIpc) is 3.60. The van der Waals surface area contributed by atoms with Gasteiger partial charge in [-0.05, 0) is 68.5 Å². The van der Waals surface area contributed by atoms with Gasteiger partial charge in [0.1, 0.15) is 17.1 Å². The van der Waals surface area contributed by atoms with E-state index in [2.05, 4.69) is 25.7 Å². The molecule has 0 bridgehead atoms. The van der Waals surface area contributed by atoms with Crippen LogP contribution in [0.25, 0.3) is 10.2 Å². The van der Waals surface area contributed by atoms with Crippen molar-refractivity contribution in [3.8, 4) is 5.75 Å². The third-order valence-corrected chi connectivity index (χ3v) is 10.4. The summed E-state index contributed by atoms with van der Waals surface area (Å²) in [6.07, 6.45) is 1.98. The van der Waals surface area contributed by atoms with Gasteiger partial charge in [0.25, 0.3) is 0 Å². The smallest absolute Gasteiger partial charge is 0.305 e. The summed E-state index contributed by atoms with van der Waals surface area (Å²) in [6, 6.07) is 8.18. The standard InChI is InChI=1S/C33H41FN6O6S/c1-20-24(31(44)38-37-20)3-5-28(43)40-12-13-46-33(19-40)7-10-39(11-8-33)18-22-14-21(15-23(34)16-22)6-9-35-17-27(42)25-2-4-26(41)29-30(25)47-32(45)36-29/h2,4,14-16,24,27,35,41-42H,3,5-13,17-19H2,1H3,(H,36,45)(H,38,44)/t24-,27+/m1/s1. The van der Waals surface area contributed by atoms with Crippen LogP contribution in [-0.4, -0.2) is 94.0 Å². The highest BCUT2D eigenvalue weighted by Crippen LogP contribution is 2.33. The number of nitrogens with one attached hydrogen (secondary N) is 3. The van der Waals surface area contributed by atoms with Crippen LogP contribution in [-0.2, 0) is 27.3 Å². The fourth-order valence-corrected chi connectivity index (χ4v) is 7.75. The van der Waals surface area contributed by atoms with E-state index in [9.17, 15) is 29.0 Å². The SMILES string of the molecule is CC1=NNC(=O)[C@@H]1CCC(=O)N1CCOC2(CCN(Cc3cc(F)cc(CCNC[C@H](O)c4ccc(O)c5[nH]c(=O)sc45)c3)CC2)C1. The summed E-state index contributed by atoms with van der Waals surface area (Å²) < 4.78 is 21.4. The summed E-state index contributed by atoms with van der Waals surface area (Å²) in [4.78, 5) is 43.2. The third-order valence-electron chi connectivity index (χ3n) is 9.48. The molecule has 2 saturated heterocycles. The van der Waals surface area contributed by atoms with E-state index in [0.717, 1.165) is 54.1 Å². The number of aliphatic hydroxyl groups is 1. The van der Waals surface area contributed by atoms with Crippen molar-refractivity contribution in [1.29, 1.82) is 0 Å². The molecule has 0 radical (unpaired) electrons. The number of amides is 2. The van der Waals surface area contributed by atoms with Gasteiger partial charge < -0.3 is 30.2 Å². The summed E-state index contributed by atoms with van der Waals surface area (Å²) in [5.74, 6) is -0.779. The number of hydrazone groups is 1. The van der Waals surface area contributed by atoms with Gasteiger partial charge in [0.2, 0.25) is 11.8 Å². The Hall–Kier alpha value is -3.69. The molecule has 0 saturated carbocycles. The number of phenolic OH excluding ortho intramolecular Hbond substituents is 1. The average molecular weight is 669 g/mol. The first-order chi connectivity index (χ1) is 22.6. The summed E-state index contributed by atoms with van der Waals surface area (Å²) >= 11 is 0.946. The number of benzene rings is 2. The van der Waals surface area contributed by atoms with Crippen LogP contribution in [0.15, 0.2) is 40.2 Å². The molecular weight excluding hydrogens is 627 g/mol. The number of aliphatic hydroxyl groups excluding tert-OH is 1. The molecule has 1 spiro atoms. The number of H-pyrrole nitrogens is 1. The van der Waals surface area contributed by atoms with E-state index in [1.165, 1.54) is 12.1 Å². The monoisotopic (exact) mass is 668 g/mol. The van der Waals surface area contributed by atoms with Crippen molar-refractivity contribution in [3.63, 3.8) is 0 Å². The van der Waals surface area contributed by atoms with E-state index >= 15 is 0 Å². The van der Waals surface area contributed by atoms with Gasteiger partial charge in [0.05, 0.1) is 28.9 Å². The Bertz CT molecular complexity index is 1720. The lowest BCUT2D eigenvalue weighted by Gasteiger charge is -2.47.